The van der Waals surface area contributed by atoms with E-state index < -0.39 is 29.5 Å². The summed E-state index contributed by atoms with van der Waals surface area (Å²) in [4.78, 5) is 177. The minimum Gasteiger partial charge on any atom is -0.364 e. The lowest BCUT2D eigenvalue weighted by molar-refractivity contribution is -0.117. The van der Waals surface area contributed by atoms with E-state index in [0.717, 1.165) is 112 Å². The molecule has 5 aliphatic rings. The van der Waals surface area contributed by atoms with Gasteiger partial charge in [-0.05, 0) is 127 Å². The van der Waals surface area contributed by atoms with Crippen LogP contribution in [-0.2, 0) is 56.1 Å². The zero-order valence-corrected chi connectivity index (χ0v) is 75.3. The van der Waals surface area contributed by atoms with Gasteiger partial charge in [0.2, 0.25) is 29.5 Å². The van der Waals surface area contributed by atoms with Crippen LogP contribution in [-0.4, -0.2) is 109 Å². The van der Waals surface area contributed by atoms with Crippen molar-refractivity contribution in [3.8, 4) is 56.9 Å². The SMILES string of the molecule is Cc1ccc(-c2nc(C(N)=O)c3c(n2)N(c2ccccc2C)C(=O)C3)cc1.Cc1ccc(-c2nc(C(N)=O)c3c(n2)N(c2ccccc2C)C(=O)C3)cc1.Cc1ccc(-c2nc(C(N)=O)c3c(n2)N(c2ccccc2C)C(=O)C3)cc1.Cc1ccc(-c2nc(C(N)=O)c3c(n2)N(c2ccccc2C)C(=O)C3)cc1.Cc1ccc(-c2nc(C(N)=O)c3c(n2)N(c2ccccc2C)C(=O)C3)cc1. The van der Waals surface area contributed by atoms with Gasteiger partial charge in [0.15, 0.2) is 29.1 Å². The van der Waals surface area contributed by atoms with Gasteiger partial charge in [0.1, 0.15) is 57.6 Å². The van der Waals surface area contributed by atoms with E-state index in [1.165, 1.54) is 0 Å². The van der Waals surface area contributed by atoms with Crippen LogP contribution in [0.4, 0.5) is 57.5 Å². The van der Waals surface area contributed by atoms with E-state index in [1.54, 1.807) is 24.5 Å². The normalized spacial score (nSPS) is 13.0. The first-order valence-corrected chi connectivity index (χ1v) is 43.1. The molecule has 0 atom stereocenters. The summed E-state index contributed by atoms with van der Waals surface area (Å²) in [6, 6.07) is 76.1. The number of para-hydroxylation sites is 5. The zero-order chi connectivity index (χ0) is 95.6. The molecule has 10 heterocycles. The predicted octanol–water partition coefficient (Wildman–Crippen LogP) is 15.4. The van der Waals surface area contributed by atoms with Crippen molar-refractivity contribution in [1.29, 1.82) is 0 Å². The van der Waals surface area contributed by atoms with Crippen LogP contribution in [0.2, 0.25) is 0 Å². The molecule has 5 aliphatic heterocycles. The van der Waals surface area contributed by atoms with Crippen LogP contribution in [0.1, 0.15) is 136 Å². The highest BCUT2D eigenvalue weighted by Gasteiger charge is 2.42. The first-order chi connectivity index (χ1) is 64.8. The Bertz CT molecular complexity index is 6380. The van der Waals surface area contributed by atoms with Crippen molar-refractivity contribution in [3.63, 3.8) is 0 Å². The van der Waals surface area contributed by atoms with Crippen LogP contribution in [0.3, 0.4) is 0 Å². The van der Waals surface area contributed by atoms with Gasteiger partial charge in [-0.2, -0.15) is 0 Å². The van der Waals surface area contributed by atoms with Crippen molar-refractivity contribution >= 4 is 117 Å². The highest BCUT2D eigenvalue weighted by molar-refractivity contribution is 6.15. The Kier molecular flexibility index (Phi) is 25.4. The van der Waals surface area contributed by atoms with E-state index in [9.17, 15) is 47.9 Å². The van der Waals surface area contributed by atoms with Gasteiger partial charge in [-0.25, -0.2) is 49.8 Å². The van der Waals surface area contributed by atoms with E-state index in [-0.39, 0.29) is 90.1 Å². The third kappa shape index (κ3) is 18.4. The van der Waals surface area contributed by atoms with Gasteiger partial charge in [-0.3, -0.25) is 72.4 Å². The molecule has 670 valence electrons. The molecule has 0 aliphatic carbocycles. The number of hydrogen-bond donors (Lipinski definition) is 5. The van der Waals surface area contributed by atoms with Crippen molar-refractivity contribution in [2.24, 2.45) is 28.7 Å². The van der Waals surface area contributed by atoms with E-state index in [2.05, 4.69) is 49.8 Å². The number of benzene rings is 10. The molecule has 5 aromatic heterocycles. The van der Waals surface area contributed by atoms with E-state index in [4.69, 9.17) is 28.7 Å². The maximum atomic E-state index is 12.8. The summed E-state index contributed by atoms with van der Waals surface area (Å²) >= 11 is 0. The molecule has 0 saturated carbocycles. The van der Waals surface area contributed by atoms with Crippen LogP contribution in [0.5, 0.6) is 0 Å². The maximum Gasteiger partial charge on any atom is 0.267 e. The van der Waals surface area contributed by atoms with Crippen molar-refractivity contribution < 1.29 is 47.9 Å². The Labute approximate surface area is 776 Å². The van der Waals surface area contributed by atoms with Crippen LogP contribution >= 0.6 is 0 Å². The largest absolute Gasteiger partial charge is 0.364 e. The summed E-state index contributed by atoms with van der Waals surface area (Å²) in [5.74, 6) is -0.124. The van der Waals surface area contributed by atoms with E-state index in [0.29, 0.717) is 86.0 Å². The highest BCUT2D eigenvalue weighted by atomic mass is 16.2. The van der Waals surface area contributed by atoms with Gasteiger partial charge in [0.05, 0.1) is 60.5 Å². The number of fused-ring (bicyclic) bond motifs is 5. The zero-order valence-electron chi connectivity index (χ0n) is 75.3. The molecule has 10 aromatic carbocycles. The quantitative estimate of drug-likeness (QED) is 0.0636. The molecule has 30 nitrogen and oxygen atoms in total. The second-order valence-corrected chi connectivity index (χ2v) is 33.1. The fourth-order valence-corrected chi connectivity index (χ4v) is 16.3. The summed E-state index contributed by atoms with van der Waals surface area (Å²) in [6.45, 7) is 19.6. The lowest BCUT2D eigenvalue weighted by atomic mass is 10.1. The summed E-state index contributed by atoms with van der Waals surface area (Å²) < 4.78 is 0. The first kappa shape index (κ1) is 90.6. The number of anilines is 10. The molecule has 10 N–H and O–H groups in total. The van der Waals surface area contributed by atoms with Crippen molar-refractivity contribution in [2.45, 2.75) is 101 Å². The second kappa shape index (κ2) is 37.8. The number of aromatic nitrogens is 10. The maximum absolute atomic E-state index is 12.8. The monoisotopic (exact) mass is 1790 g/mol. The average molecular weight is 1790 g/mol. The number of amides is 10. The minimum absolute atomic E-state index is 0.0517. The van der Waals surface area contributed by atoms with E-state index in [1.807, 2.05) is 312 Å². The van der Waals surface area contributed by atoms with Gasteiger partial charge in [-0.1, -0.05) is 240 Å². The first-order valence-electron chi connectivity index (χ1n) is 43.1. The molecule has 0 fully saturated rings. The lowest BCUT2D eigenvalue weighted by Crippen LogP contribution is -2.22. The van der Waals surface area contributed by atoms with Gasteiger partial charge in [0, 0.05) is 55.6 Å². The molecular formula is C105H90N20O10. The van der Waals surface area contributed by atoms with Gasteiger partial charge < -0.3 is 28.7 Å². The summed E-state index contributed by atoms with van der Waals surface area (Å²) in [6.07, 6.45) is 0.259. The number of primary amides is 5. The summed E-state index contributed by atoms with van der Waals surface area (Å²) in [5, 5.41) is 0. The van der Waals surface area contributed by atoms with Crippen molar-refractivity contribution in [3.05, 3.63) is 355 Å². The van der Waals surface area contributed by atoms with Gasteiger partial charge >= 0.3 is 0 Å². The fourth-order valence-electron chi connectivity index (χ4n) is 16.3. The van der Waals surface area contributed by atoms with Gasteiger partial charge in [0.25, 0.3) is 29.5 Å². The Morgan fingerprint density at radius 3 is 0.481 bits per heavy atom. The Morgan fingerprint density at radius 2 is 0.348 bits per heavy atom. The third-order valence-corrected chi connectivity index (χ3v) is 23.4. The van der Waals surface area contributed by atoms with Gasteiger partial charge in [-0.15, -0.1) is 0 Å². The molecule has 0 radical (unpaired) electrons. The van der Waals surface area contributed by atoms with E-state index >= 15 is 0 Å². The van der Waals surface area contributed by atoms with Crippen molar-refractivity contribution in [1.82, 2.24) is 49.8 Å². The second-order valence-electron chi connectivity index (χ2n) is 33.1. The van der Waals surface area contributed by atoms with Crippen LogP contribution in [0, 0.1) is 69.2 Å². The molecule has 30 heteroatoms. The molecule has 135 heavy (non-hydrogen) atoms. The number of rotatable bonds is 15. The average Bonchev–Trinajstić information content (AvgIpc) is 1.63. The number of carbonyl (C=O) groups excluding carboxylic acids is 10. The molecule has 0 unspecified atom stereocenters. The summed E-state index contributed by atoms with van der Waals surface area (Å²) in [5.41, 5.74) is 48.4. The molecule has 20 rings (SSSR count). The van der Waals surface area contributed by atoms with Crippen LogP contribution in [0.25, 0.3) is 56.9 Å². The number of nitrogens with two attached hydrogens (primary N) is 5. The molecule has 0 spiro atoms. The Balaban J connectivity index is 0.000000123. The van der Waals surface area contributed by atoms with Crippen LogP contribution in [0.15, 0.2) is 243 Å². The number of nitrogens with zero attached hydrogens (tertiary/aromatic N) is 15. The number of carbonyl (C=O) groups is 10. The third-order valence-electron chi connectivity index (χ3n) is 23.4. The van der Waals surface area contributed by atoms with Crippen LogP contribution < -0.4 is 53.2 Å². The molecule has 10 amide bonds. The number of aryl methyl sites for hydroxylation is 10. The lowest BCUT2D eigenvalue weighted by Gasteiger charge is -2.19. The Hall–Kier alpha value is -17.7. The molecular weight excluding hydrogens is 1700 g/mol. The molecule has 15 aromatic rings. The minimum atomic E-state index is -0.665. The fraction of sp³-hybridized carbons (Fsp3) is 0.143. The topological polar surface area (TPSA) is 446 Å². The highest BCUT2D eigenvalue weighted by Crippen LogP contribution is 2.45. The molecule has 0 bridgehead atoms. The Morgan fingerprint density at radius 1 is 0.207 bits per heavy atom. The summed E-state index contributed by atoms with van der Waals surface area (Å²) in [7, 11) is 0. The standard InChI is InChI=1S/5C21H18N4O2/c5*1-12-7-9-14(10-8-12)20-23-18(19(22)27)15-11-17(26)25(21(15)24-20)16-6-4-3-5-13(16)2/h5*3-10H,11H2,1-2H3,(H2,22,27). The number of hydrogen-bond acceptors (Lipinski definition) is 20. The van der Waals surface area contributed by atoms with Crippen molar-refractivity contribution in [2.75, 3.05) is 24.5 Å². The predicted molar refractivity (Wildman–Crippen MR) is 514 cm³/mol. The molecule has 0 saturated heterocycles. The smallest absolute Gasteiger partial charge is 0.267 e.